The van der Waals surface area contributed by atoms with E-state index < -0.39 is 0 Å². The summed E-state index contributed by atoms with van der Waals surface area (Å²) >= 11 is 0. The molecule has 0 bridgehead atoms. The molecule has 0 aromatic carbocycles. The van der Waals surface area contributed by atoms with E-state index in [4.69, 9.17) is 4.74 Å². The molecular formula is C11H16O2. The molecule has 2 rings (SSSR count). The lowest BCUT2D eigenvalue weighted by molar-refractivity contribution is -0.146. The molecular weight excluding hydrogens is 164 g/mol. The van der Waals surface area contributed by atoms with Gasteiger partial charge in [-0.3, -0.25) is 4.79 Å². The van der Waals surface area contributed by atoms with Crippen molar-refractivity contribution in [2.75, 3.05) is 7.11 Å². The second-order valence-electron chi connectivity index (χ2n) is 4.72. The van der Waals surface area contributed by atoms with Gasteiger partial charge < -0.3 is 4.74 Å². The van der Waals surface area contributed by atoms with Gasteiger partial charge in [0.05, 0.1) is 12.5 Å². The summed E-state index contributed by atoms with van der Waals surface area (Å²) in [6.45, 7) is 8.29. The number of methoxy groups -OCH3 is 1. The van der Waals surface area contributed by atoms with Crippen LogP contribution in [0.25, 0.3) is 0 Å². The lowest BCUT2D eigenvalue weighted by Crippen LogP contribution is -2.23. The van der Waals surface area contributed by atoms with Gasteiger partial charge in [0.2, 0.25) is 0 Å². The maximum absolute atomic E-state index is 11.7. The molecule has 0 heterocycles. The van der Waals surface area contributed by atoms with Gasteiger partial charge in [-0.05, 0) is 24.2 Å². The molecule has 2 aliphatic rings. The monoisotopic (exact) mass is 180 g/mol. The average molecular weight is 180 g/mol. The van der Waals surface area contributed by atoms with Crippen LogP contribution in [0.15, 0.2) is 12.2 Å². The zero-order chi connectivity index (χ0) is 9.85. The molecule has 0 aromatic rings. The predicted octanol–water partition coefficient (Wildman–Crippen LogP) is 2.15. The Bertz CT molecular complexity index is 290. The largest absolute Gasteiger partial charge is 0.468 e. The normalized spacial score (nSPS) is 39.9. The summed E-state index contributed by atoms with van der Waals surface area (Å²) in [5.74, 6) is 0.393. The van der Waals surface area contributed by atoms with E-state index in [9.17, 15) is 4.79 Å². The molecule has 0 unspecified atom stereocenters. The summed E-state index contributed by atoms with van der Waals surface area (Å²) in [4.78, 5) is 11.7. The first-order chi connectivity index (χ1) is 5.99. The van der Waals surface area contributed by atoms with Crippen LogP contribution in [0.4, 0.5) is 0 Å². The summed E-state index contributed by atoms with van der Waals surface area (Å²) < 4.78 is 4.89. The molecule has 13 heavy (non-hydrogen) atoms. The Kier molecular flexibility index (Phi) is 1.47. The Labute approximate surface area is 79.0 Å². The van der Waals surface area contributed by atoms with E-state index in [-0.39, 0.29) is 16.8 Å². The number of hydrogen-bond acceptors (Lipinski definition) is 2. The van der Waals surface area contributed by atoms with Crippen molar-refractivity contribution in [3.63, 3.8) is 0 Å². The van der Waals surface area contributed by atoms with Crippen LogP contribution in [-0.2, 0) is 9.53 Å². The van der Waals surface area contributed by atoms with E-state index in [1.54, 1.807) is 0 Å². The Morgan fingerprint density at radius 2 is 2.23 bits per heavy atom. The third-order valence-electron chi connectivity index (χ3n) is 4.13. The van der Waals surface area contributed by atoms with Crippen LogP contribution in [0.5, 0.6) is 0 Å². The second-order valence-corrected chi connectivity index (χ2v) is 4.72. The molecule has 0 aliphatic heterocycles. The molecule has 0 N–H and O–H groups in total. The molecule has 2 heteroatoms. The predicted molar refractivity (Wildman–Crippen MR) is 50.1 cm³/mol. The molecule has 2 saturated carbocycles. The van der Waals surface area contributed by atoms with Crippen molar-refractivity contribution in [2.24, 2.45) is 16.7 Å². The fourth-order valence-electron chi connectivity index (χ4n) is 3.38. The number of carbonyl (C=O) groups excluding carboxylic acids is 1. The lowest BCUT2D eigenvalue weighted by atomic mass is 9.88. The average Bonchev–Trinajstić information content (AvgIpc) is 2.41. The first kappa shape index (κ1) is 8.79. The molecule has 2 nitrogen and oxygen atoms in total. The Morgan fingerprint density at radius 3 is 2.62 bits per heavy atom. The maximum Gasteiger partial charge on any atom is 0.316 e. The van der Waals surface area contributed by atoms with Crippen molar-refractivity contribution in [3.05, 3.63) is 12.2 Å². The highest BCUT2D eigenvalue weighted by molar-refractivity contribution is 5.87. The summed E-state index contributed by atoms with van der Waals surface area (Å²) in [5, 5.41) is 0. The summed E-state index contributed by atoms with van der Waals surface area (Å²) in [7, 11) is 1.47. The van der Waals surface area contributed by atoms with Gasteiger partial charge in [-0.15, -0.1) is 0 Å². The fraction of sp³-hybridized carbons (Fsp3) is 0.727. The molecule has 72 valence electrons. The first-order valence-electron chi connectivity index (χ1n) is 4.76. The van der Waals surface area contributed by atoms with Gasteiger partial charge in [0.1, 0.15) is 0 Å². The molecule has 2 atom stereocenters. The van der Waals surface area contributed by atoms with Gasteiger partial charge in [-0.25, -0.2) is 0 Å². The van der Waals surface area contributed by atoms with Crippen LogP contribution < -0.4 is 0 Å². The van der Waals surface area contributed by atoms with E-state index in [2.05, 4.69) is 20.4 Å². The standard InChI is InChI=1S/C11H16O2/c1-7-5-6-8-10(2,3)11(7,8)9(12)13-4/h8H,1,5-6H2,2-4H3/t8-,11-/m1/s1. The van der Waals surface area contributed by atoms with Crippen molar-refractivity contribution in [1.29, 1.82) is 0 Å². The Hall–Kier alpha value is -0.790. The molecule has 0 aromatic heterocycles. The molecule has 0 saturated heterocycles. The van der Waals surface area contributed by atoms with Crippen LogP contribution in [0.1, 0.15) is 26.7 Å². The van der Waals surface area contributed by atoms with Crippen molar-refractivity contribution in [1.82, 2.24) is 0 Å². The molecule has 0 spiro atoms. The SMILES string of the molecule is C=C1CC[C@@H]2C(C)(C)[C@]12C(=O)OC. The highest BCUT2D eigenvalue weighted by Gasteiger charge is 2.79. The third kappa shape index (κ3) is 0.687. The molecule has 0 amide bonds. The van der Waals surface area contributed by atoms with Crippen molar-refractivity contribution >= 4 is 5.97 Å². The number of hydrogen-bond donors (Lipinski definition) is 0. The van der Waals surface area contributed by atoms with E-state index >= 15 is 0 Å². The van der Waals surface area contributed by atoms with Crippen LogP contribution in [0, 0.1) is 16.7 Å². The Balaban J connectivity index is 2.40. The van der Waals surface area contributed by atoms with Crippen LogP contribution in [0.3, 0.4) is 0 Å². The third-order valence-corrected chi connectivity index (χ3v) is 4.13. The van der Waals surface area contributed by atoms with Crippen molar-refractivity contribution in [2.45, 2.75) is 26.7 Å². The topological polar surface area (TPSA) is 26.3 Å². The smallest absolute Gasteiger partial charge is 0.316 e. The van der Waals surface area contributed by atoms with E-state index in [1.807, 2.05) is 0 Å². The van der Waals surface area contributed by atoms with Gasteiger partial charge >= 0.3 is 5.97 Å². The lowest BCUT2D eigenvalue weighted by Gasteiger charge is -2.18. The molecule has 2 aliphatic carbocycles. The second kappa shape index (κ2) is 2.17. The van der Waals surface area contributed by atoms with Crippen molar-refractivity contribution < 1.29 is 9.53 Å². The maximum atomic E-state index is 11.7. The fourth-order valence-corrected chi connectivity index (χ4v) is 3.38. The van der Waals surface area contributed by atoms with E-state index in [0.29, 0.717) is 5.92 Å². The van der Waals surface area contributed by atoms with Gasteiger partial charge in [0, 0.05) is 0 Å². The molecule has 2 fully saturated rings. The first-order valence-corrected chi connectivity index (χ1v) is 4.76. The van der Waals surface area contributed by atoms with Crippen molar-refractivity contribution in [3.8, 4) is 0 Å². The number of fused-ring (bicyclic) bond motifs is 1. The van der Waals surface area contributed by atoms with Crippen LogP contribution in [-0.4, -0.2) is 13.1 Å². The van der Waals surface area contributed by atoms with Crippen LogP contribution in [0.2, 0.25) is 0 Å². The van der Waals surface area contributed by atoms with E-state index in [0.717, 1.165) is 18.4 Å². The quantitative estimate of drug-likeness (QED) is 0.456. The number of ether oxygens (including phenoxy) is 1. The summed E-state index contributed by atoms with van der Waals surface area (Å²) in [6, 6.07) is 0. The number of carbonyl (C=O) groups is 1. The summed E-state index contributed by atoms with van der Waals surface area (Å²) in [6.07, 6.45) is 2.09. The Morgan fingerprint density at radius 1 is 1.62 bits per heavy atom. The van der Waals surface area contributed by atoms with Gasteiger partial charge in [-0.1, -0.05) is 26.0 Å². The van der Waals surface area contributed by atoms with Gasteiger partial charge in [0.15, 0.2) is 0 Å². The highest BCUT2D eigenvalue weighted by Crippen LogP contribution is 2.78. The summed E-state index contributed by atoms with van der Waals surface area (Å²) in [5.41, 5.74) is 0.825. The van der Waals surface area contributed by atoms with E-state index in [1.165, 1.54) is 7.11 Å². The minimum Gasteiger partial charge on any atom is -0.468 e. The zero-order valence-corrected chi connectivity index (χ0v) is 8.52. The highest BCUT2D eigenvalue weighted by atomic mass is 16.5. The minimum atomic E-state index is -0.332. The molecule has 0 radical (unpaired) electrons. The van der Waals surface area contributed by atoms with Crippen LogP contribution >= 0.6 is 0 Å². The van der Waals surface area contributed by atoms with Gasteiger partial charge in [-0.2, -0.15) is 0 Å². The van der Waals surface area contributed by atoms with Gasteiger partial charge in [0.25, 0.3) is 0 Å². The minimum absolute atomic E-state index is 0.0787. The zero-order valence-electron chi connectivity index (χ0n) is 8.52. The number of esters is 1. The number of rotatable bonds is 1.